The Kier molecular flexibility index (Phi) is 11.8. The Morgan fingerprint density at radius 3 is 2.52 bits per heavy atom. The molecule has 0 aliphatic carbocycles. The molecule has 3 heterocycles. The number of ether oxygens (including phenoxy) is 2. The summed E-state index contributed by atoms with van der Waals surface area (Å²) in [5.74, 6) is -3.44. The molecule has 3 amide bonds. The van der Waals surface area contributed by atoms with Gasteiger partial charge in [0.2, 0.25) is 17.7 Å². The molecular weight excluding hydrogens is 586 g/mol. The monoisotopic (exact) mass is 637 g/mol. The average molecular weight is 638 g/mol. The number of benzene rings is 1. The number of aliphatic hydroxyl groups is 1. The molecule has 1 spiro atoms. The maximum atomic E-state index is 14.5. The zero-order valence-electron chi connectivity index (χ0n) is 27.7. The van der Waals surface area contributed by atoms with Gasteiger partial charge in [-0.15, -0.1) is 13.2 Å². The van der Waals surface area contributed by atoms with E-state index >= 15 is 0 Å². The van der Waals surface area contributed by atoms with Crippen molar-refractivity contribution in [1.29, 1.82) is 0 Å². The van der Waals surface area contributed by atoms with Crippen molar-refractivity contribution in [1.82, 2.24) is 15.1 Å². The SMILES string of the molecule is C=CCCC(=O)N[C@H](C)[C@@H](OC(=O)[C@@H]1[C@@H]2CC[C@]3(O2)[C@H](C(=O)N(CC=C)CCCC)N([C@@H](CO)C(C)C)C(=O)[C@@H]13)c1ccccc1. The highest BCUT2D eigenvalue weighted by molar-refractivity contribution is 5.98. The lowest BCUT2D eigenvalue weighted by Crippen LogP contribution is -2.59. The Hall–Kier alpha value is -3.50. The van der Waals surface area contributed by atoms with Crippen LogP contribution in [0.15, 0.2) is 55.6 Å². The van der Waals surface area contributed by atoms with Gasteiger partial charge in [0.15, 0.2) is 0 Å². The van der Waals surface area contributed by atoms with Crippen molar-refractivity contribution in [3.63, 3.8) is 0 Å². The summed E-state index contributed by atoms with van der Waals surface area (Å²) < 4.78 is 12.8. The summed E-state index contributed by atoms with van der Waals surface area (Å²) in [7, 11) is 0. The smallest absolute Gasteiger partial charge is 0.313 e. The number of hydrogen-bond donors (Lipinski definition) is 2. The van der Waals surface area contributed by atoms with Crippen LogP contribution < -0.4 is 5.32 Å². The molecule has 8 atom stereocenters. The molecule has 2 bridgehead atoms. The number of hydrogen-bond acceptors (Lipinski definition) is 7. The van der Waals surface area contributed by atoms with E-state index in [0.717, 1.165) is 12.8 Å². The van der Waals surface area contributed by atoms with Gasteiger partial charge in [0, 0.05) is 19.5 Å². The van der Waals surface area contributed by atoms with E-state index in [1.165, 1.54) is 4.90 Å². The van der Waals surface area contributed by atoms with E-state index in [0.29, 0.717) is 37.9 Å². The van der Waals surface area contributed by atoms with Crippen molar-refractivity contribution in [2.45, 2.75) is 102 Å². The van der Waals surface area contributed by atoms with Gasteiger partial charge in [0.05, 0.1) is 36.6 Å². The van der Waals surface area contributed by atoms with Crippen molar-refractivity contribution in [2.24, 2.45) is 17.8 Å². The summed E-state index contributed by atoms with van der Waals surface area (Å²) in [5.41, 5.74) is -0.516. The summed E-state index contributed by atoms with van der Waals surface area (Å²) in [6.07, 6.45) is 5.31. The molecule has 46 heavy (non-hydrogen) atoms. The van der Waals surface area contributed by atoms with Crippen molar-refractivity contribution in [3.8, 4) is 0 Å². The van der Waals surface area contributed by atoms with Crippen LogP contribution in [0.3, 0.4) is 0 Å². The average Bonchev–Trinajstić information content (AvgIpc) is 3.68. The lowest BCUT2D eigenvalue weighted by molar-refractivity contribution is -0.163. The van der Waals surface area contributed by atoms with Crippen LogP contribution in [0.25, 0.3) is 0 Å². The van der Waals surface area contributed by atoms with Crippen LogP contribution in [-0.2, 0) is 28.7 Å². The number of rotatable bonds is 17. The molecule has 0 saturated carbocycles. The summed E-state index contributed by atoms with van der Waals surface area (Å²) >= 11 is 0. The summed E-state index contributed by atoms with van der Waals surface area (Å²) in [4.78, 5) is 59.0. The third-order valence-corrected chi connectivity index (χ3v) is 9.79. The topological polar surface area (TPSA) is 125 Å². The Morgan fingerprint density at radius 2 is 1.91 bits per heavy atom. The molecular formula is C36H51N3O7. The molecule has 3 saturated heterocycles. The number of nitrogens with one attached hydrogen (secondary N) is 1. The van der Waals surface area contributed by atoms with Crippen LogP contribution in [0, 0.1) is 17.8 Å². The molecule has 1 aromatic rings. The molecule has 0 unspecified atom stereocenters. The van der Waals surface area contributed by atoms with Crippen LogP contribution in [0.2, 0.25) is 0 Å². The van der Waals surface area contributed by atoms with Gasteiger partial charge in [-0.25, -0.2) is 0 Å². The van der Waals surface area contributed by atoms with Crippen LogP contribution in [0.4, 0.5) is 0 Å². The molecule has 3 aliphatic heterocycles. The largest absolute Gasteiger partial charge is 0.455 e. The van der Waals surface area contributed by atoms with Gasteiger partial charge >= 0.3 is 5.97 Å². The normalized spacial score (nSPS) is 26.7. The molecule has 3 fully saturated rings. The predicted octanol–water partition coefficient (Wildman–Crippen LogP) is 3.95. The first-order valence-corrected chi connectivity index (χ1v) is 16.7. The van der Waals surface area contributed by atoms with Gasteiger partial charge in [-0.1, -0.05) is 69.7 Å². The van der Waals surface area contributed by atoms with E-state index in [4.69, 9.17) is 9.47 Å². The van der Waals surface area contributed by atoms with E-state index < -0.39 is 53.7 Å². The quantitative estimate of drug-likeness (QED) is 0.196. The molecule has 10 nitrogen and oxygen atoms in total. The number of carbonyl (C=O) groups is 4. The number of aliphatic hydroxyl groups excluding tert-OH is 1. The van der Waals surface area contributed by atoms with Gasteiger partial charge in [0.25, 0.3) is 0 Å². The Balaban J connectivity index is 1.69. The molecule has 1 aromatic carbocycles. The van der Waals surface area contributed by atoms with E-state index in [2.05, 4.69) is 18.5 Å². The highest BCUT2D eigenvalue weighted by Crippen LogP contribution is 2.59. The molecule has 2 N–H and O–H groups in total. The van der Waals surface area contributed by atoms with Crippen molar-refractivity contribution in [3.05, 3.63) is 61.2 Å². The lowest BCUT2D eigenvalue weighted by atomic mass is 9.70. The first-order chi connectivity index (χ1) is 22.1. The van der Waals surface area contributed by atoms with Gasteiger partial charge in [-0.2, -0.15) is 0 Å². The number of nitrogens with zero attached hydrogens (tertiary/aromatic N) is 2. The third kappa shape index (κ3) is 6.79. The maximum Gasteiger partial charge on any atom is 0.313 e. The summed E-state index contributed by atoms with van der Waals surface area (Å²) in [6.45, 7) is 15.6. The van der Waals surface area contributed by atoms with Crippen LogP contribution in [0.1, 0.15) is 77.9 Å². The van der Waals surface area contributed by atoms with Gasteiger partial charge in [0.1, 0.15) is 17.7 Å². The third-order valence-electron chi connectivity index (χ3n) is 9.79. The number of allylic oxidation sites excluding steroid dienone is 1. The molecule has 3 aliphatic rings. The van der Waals surface area contributed by atoms with Crippen molar-refractivity contribution in [2.75, 3.05) is 19.7 Å². The van der Waals surface area contributed by atoms with E-state index in [1.807, 2.05) is 51.1 Å². The van der Waals surface area contributed by atoms with Crippen molar-refractivity contribution < 1.29 is 33.8 Å². The van der Waals surface area contributed by atoms with E-state index in [-0.39, 0.29) is 36.7 Å². The number of unbranched alkanes of at least 4 members (excludes halogenated alkanes) is 1. The molecule has 0 aromatic heterocycles. The molecule has 252 valence electrons. The molecule has 0 radical (unpaired) electrons. The fourth-order valence-corrected chi connectivity index (χ4v) is 7.53. The van der Waals surface area contributed by atoms with Crippen LogP contribution >= 0.6 is 0 Å². The number of fused-ring (bicyclic) bond motifs is 1. The lowest BCUT2D eigenvalue weighted by Gasteiger charge is -2.40. The second kappa shape index (κ2) is 15.4. The predicted molar refractivity (Wildman–Crippen MR) is 174 cm³/mol. The summed E-state index contributed by atoms with van der Waals surface area (Å²) in [6, 6.07) is 7.00. The summed E-state index contributed by atoms with van der Waals surface area (Å²) in [5, 5.41) is 13.4. The Morgan fingerprint density at radius 1 is 1.20 bits per heavy atom. The highest BCUT2D eigenvalue weighted by atomic mass is 16.6. The number of likely N-dealkylation sites (tertiary alicyclic amines) is 1. The maximum absolute atomic E-state index is 14.5. The number of esters is 1. The second-order valence-corrected chi connectivity index (χ2v) is 13.2. The van der Waals surface area contributed by atoms with Gasteiger partial charge < -0.3 is 29.7 Å². The molecule has 4 rings (SSSR count). The first kappa shape index (κ1) is 35.4. The Bertz CT molecular complexity index is 1270. The van der Waals surface area contributed by atoms with Crippen LogP contribution in [-0.4, -0.2) is 88.1 Å². The van der Waals surface area contributed by atoms with E-state index in [9.17, 15) is 24.3 Å². The highest BCUT2D eigenvalue weighted by Gasteiger charge is 2.75. The second-order valence-electron chi connectivity index (χ2n) is 13.2. The standard InChI is InChI=1S/C36H51N3O7/c1-7-10-17-28(41)37-24(6)31(25-15-13-12-14-16-25)45-35(44)29-27-18-19-36(46-27)30(29)33(42)39(26(22-40)23(4)5)32(36)34(43)38(20-9-3)21-11-8-2/h7,9,12-16,23-24,26-27,29-32,40H,1,3,8,10-11,17-22H2,2,4-6H3,(H,37,41)/t24-,26+,27+,29-,30-,31-,32+,36-/m1/s1. The van der Waals surface area contributed by atoms with Crippen molar-refractivity contribution >= 4 is 23.7 Å². The zero-order chi connectivity index (χ0) is 33.6. The van der Waals surface area contributed by atoms with Gasteiger partial charge in [-0.3, -0.25) is 19.2 Å². The van der Waals surface area contributed by atoms with E-state index in [1.54, 1.807) is 24.0 Å². The minimum absolute atomic E-state index is 0.154. The fourth-order valence-electron chi connectivity index (χ4n) is 7.53. The molecule has 10 heteroatoms. The first-order valence-electron chi connectivity index (χ1n) is 16.7. The minimum Gasteiger partial charge on any atom is -0.455 e. The van der Waals surface area contributed by atoms with Gasteiger partial charge in [-0.05, 0) is 44.1 Å². The number of carbonyl (C=O) groups excluding carboxylic acids is 4. The number of amides is 3. The zero-order valence-corrected chi connectivity index (χ0v) is 27.7. The minimum atomic E-state index is -1.22. The fraction of sp³-hybridized carbons (Fsp3) is 0.611. The van der Waals surface area contributed by atoms with Crippen LogP contribution in [0.5, 0.6) is 0 Å². The Labute approximate surface area is 273 Å².